The molecule has 0 amide bonds. The normalized spacial score (nSPS) is 26.6. The second-order valence-corrected chi connectivity index (χ2v) is 5.17. The van der Waals surface area contributed by atoms with Crippen LogP contribution in [0, 0.1) is 5.92 Å². The van der Waals surface area contributed by atoms with E-state index >= 15 is 0 Å². The molecule has 1 fully saturated rings. The standard InChI is InChI=1S/C11H18N2O/c1-11(2,3)13-6-9(5-12-13)10-4-8(10)7-14/h5-6,8,10,14H,4,7H2,1-3H3. The molecule has 1 aliphatic carbocycles. The van der Waals surface area contributed by atoms with Gasteiger partial charge in [-0.15, -0.1) is 0 Å². The SMILES string of the molecule is CC(C)(C)n1cc(C2CC2CO)cn1. The molecule has 0 aromatic carbocycles. The van der Waals surface area contributed by atoms with Crippen LogP contribution in [0.2, 0.25) is 0 Å². The van der Waals surface area contributed by atoms with Gasteiger partial charge in [0.05, 0.1) is 11.7 Å². The minimum absolute atomic E-state index is 0.0574. The fourth-order valence-corrected chi connectivity index (χ4v) is 1.75. The lowest BCUT2D eigenvalue weighted by molar-refractivity contribution is 0.274. The summed E-state index contributed by atoms with van der Waals surface area (Å²) in [6, 6.07) is 0. The molecular weight excluding hydrogens is 176 g/mol. The molecule has 0 bridgehead atoms. The van der Waals surface area contributed by atoms with Gasteiger partial charge in [0.15, 0.2) is 0 Å². The van der Waals surface area contributed by atoms with E-state index in [1.165, 1.54) is 5.56 Å². The Morgan fingerprint density at radius 3 is 2.71 bits per heavy atom. The predicted octanol–water partition coefficient (Wildman–Crippen LogP) is 1.73. The van der Waals surface area contributed by atoms with E-state index in [9.17, 15) is 0 Å². The minimum atomic E-state index is 0.0574. The summed E-state index contributed by atoms with van der Waals surface area (Å²) in [5.41, 5.74) is 1.33. The van der Waals surface area contributed by atoms with E-state index in [0.29, 0.717) is 18.4 Å². The average molecular weight is 194 g/mol. The van der Waals surface area contributed by atoms with Crippen LogP contribution in [0.4, 0.5) is 0 Å². The van der Waals surface area contributed by atoms with E-state index in [2.05, 4.69) is 32.1 Å². The van der Waals surface area contributed by atoms with Crippen molar-refractivity contribution in [2.24, 2.45) is 5.92 Å². The largest absolute Gasteiger partial charge is 0.396 e. The minimum Gasteiger partial charge on any atom is -0.396 e. The van der Waals surface area contributed by atoms with Crippen molar-refractivity contribution in [1.82, 2.24) is 9.78 Å². The zero-order chi connectivity index (χ0) is 10.3. The number of aliphatic hydroxyl groups is 1. The number of hydrogen-bond acceptors (Lipinski definition) is 2. The second kappa shape index (κ2) is 3.09. The molecule has 0 saturated heterocycles. The molecule has 1 aromatic heterocycles. The Labute approximate surface area is 84.7 Å². The van der Waals surface area contributed by atoms with E-state index in [1.54, 1.807) is 0 Å². The molecular formula is C11H18N2O. The molecule has 1 N–H and O–H groups in total. The summed E-state index contributed by atoms with van der Waals surface area (Å²) in [7, 11) is 0. The van der Waals surface area contributed by atoms with Crippen LogP contribution in [0.3, 0.4) is 0 Å². The summed E-state index contributed by atoms with van der Waals surface area (Å²) < 4.78 is 2.00. The summed E-state index contributed by atoms with van der Waals surface area (Å²) in [4.78, 5) is 0. The molecule has 0 aliphatic heterocycles. The third-order valence-corrected chi connectivity index (χ3v) is 2.88. The molecule has 78 valence electrons. The fraction of sp³-hybridized carbons (Fsp3) is 0.727. The van der Waals surface area contributed by atoms with Crippen molar-refractivity contribution >= 4 is 0 Å². The van der Waals surface area contributed by atoms with Crippen molar-refractivity contribution < 1.29 is 5.11 Å². The Kier molecular flexibility index (Phi) is 2.14. The lowest BCUT2D eigenvalue weighted by Gasteiger charge is -2.18. The highest BCUT2D eigenvalue weighted by atomic mass is 16.3. The maximum absolute atomic E-state index is 8.98. The Balaban J connectivity index is 2.12. The Hall–Kier alpha value is -0.830. The summed E-state index contributed by atoms with van der Waals surface area (Å²) in [5.74, 6) is 1.03. The molecule has 1 heterocycles. The maximum atomic E-state index is 8.98. The second-order valence-electron chi connectivity index (χ2n) is 5.17. The van der Waals surface area contributed by atoms with E-state index in [4.69, 9.17) is 5.11 Å². The van der Waals surface area contributed by atoms with Gasteiger partial charge in [0.1, 0.15) is 0 Å². The van der Waals surface area contributed by atoms with Gasteiger partial charge >= 0.3 is 0 Å². The zero-order valence-corrected chi connectivity index (χ0v) is 9.07. The first-order chi connectivity index (χ1) is 6.52. The number of nitrogens with zero attached hydrogens (tertiary/aromatic N) is 2. The Bertz CT molecular complexity index is 324. The summed E-state index contributed by atoms with van der Waals surface area (Å²) in [6.45, 7) is 6.73. The molecule has 0 spiro atoms. The lowest BCUT2D eigenvalue weighted by atomic mass is 10.1. The van der Waals surface area contributed by atoms with Gasteiger partial charge < -0.3 is 5.11 Å². The molecule has 2 rings (SSSR count). The summed E-state index contributed by atoms with van der Waals surface area (Å²) in [6.07, 6.45) is 5.16. The van der Waals surface area contributed by atoms with Gasteiger partial charge in [-0.2, -0.15) is 5.10 Å². The van der Waals surface area contributed by atoms with Crippen LogP contribution in [0.5, 0.6) is 0 Å². The fourth-order valence-electron chi connectivity index (χ4n) is 1.75. The monoisotopic (exact) mass is 194 g/mol. The summed E-state index contributed by atoms with van der Waals surface area (Å²) in [5, 5.41) is 13.3. The third-order valence-electron chi connectivity index (χ3n) is 2.88. The van der Waals surface area contributed by atoms with Crippen molar-refractivity contribution in [3.63, 3.8) is 0 Å². The van der Waals surface area contributed by atoms with Gasteiger partial charge in [0.25, 0.3) is 0 Å². The molecule has 1 saturated carbocycles. The highest BCUT2D eigenvalue weighted by molar-refractivity contribution is 5.20. The van der Waals surface area contributed by atoms with Gasteiger partial charge in [0.2, 0.25) is 0 Å². The van der Waals surface area contributed by atoms with Crippen molar-refractivity contribution in [3.05, 3.63) is 18.0 Å². The van der Waals surface area contributed by atoms with Crippen LogP contribution < -0.4 is 0 Å². The van der Waals surface area contributed by atoms with Gasteiger partial charge in [-0.25, -0.2) is 0 Å². The molecule has 1 aromatic rings. The van der Waals surface area contributed by atoms with Crippen LogP contribution in [0.15, 0.2) is 12.4 Å². The highest BCUT2D eigenvalue weighted by Gasteiger charge is 2.38. The first-order valence-electron chi connectivity index (χ1n) is 5.18. The van der Waals surface area contributed by atoms with E-state index in [1.807, 2.05) is 10.9 Å². The smallest absolute Gasteiger partial charge is 0.0543 e. The number of hydrogen-bond donors (Lipinski definition) is 1. The van der Waals surface area contributed by atoms with E-state index in [-0.39, 0.29) is 5.54 Å². The van der Waals surface area contributed by atoms with Gasteiger partial charge in [-0.1, -0.05) is 0 Å². The number of aromatic nitrogens is 2. The molecule has 2 atom stereocenters. The topological polar surface area (TPSA) is 38.0 Å². The van der Waals surface area contributed by atoms with Gasteiger partial charge in [-0.05, 0) is 44.6 Å². The molecule has 14 heavy (non-hydrogen) atoms. The van der Waals surface area contributed by atoms with Gasteiger partial charge in [0, 0.05) is 12.8 Å². The van der Waals surface area contributed by atoms with Crippen LogP contribution >= 0.6 is 0 Å². The first kappa shape index (κ1) is 9.71. The van der Waals surface area contributed by atoms with Gasteiger partial charge in [-0.3, -0.25) is 4.68 Å². The van der Waals surface area contributed by atoms with Crippen LogP contribution in [0.25, 0.3) is 0 Å². The maximum Gasteiger partial charge on any atom is 0.0543 e. The average Bonchev–Trinajstić information content (AvgIpc) is 2.71. The van der Waals surface area contributed by atoms with E-state index in [0.717, 1.165) is 6.42 Å². The van der Waals surface area contributed by atoms with Crippen molar-refractivity contribution in [2.75, 3.05) is 6.61 Å². The third kappa shape index (κ3) is 1.69. The van der Waals surface area contributed by atoms with Crippen molar-refractivity contribution in [2.45, 2.75) is 38.6 Å². The zero-order valence-electron chi connectivity index (χ0n) is 9.07. The number of rotatable bonds is 2. The van der Waals surface area contributed by atoms with Crippen LogP contribution in [-0.2, 0) is 5.54 Å². The molecule has 1 aliphatic rings. The predicted molar refractivity (Wildman–Crippen MR) is 55.2 cm³/mol. The Morgan fingerprint density at radius 1 is 1.57 bits per heavy atom. The highest BCUT2D eigenvalue weighted by Crippen LogP contribution is 2.46. The molecule has 3 heteroatoms. The molecule has 3 nitrogen and oxygen atoms in total. The van der Waals surface area contributed by atoms with E-state index < -0.39 is 0 Å². The summed E-state index contributed by atoms with van der Waals surface area (Å²) >= 11 is 0. The molecule has 2 unspecified atom stereocenters. The lowest BCUT2D eigenvalue weighted by Crippen LogP contribution is -2.21. The van der Waals surface area contributed by atoms with Crippen LogP contribution in [-0.4, -0.2) is 21.5 Å². The van der Waals surface area contributed by atoms with Crippen molar-refractivity contribution in [3.8, 4) is 0 Å². The first-order valence-corrected chi connectivity index (χ1v) is 5.18. The van der Waals surface area contributed by atoms with Crippen molar-refractivity contribution in [1.29, 1.82) is 0 Å². The Morgan fingerprint density at radius 2 is 2.29 bits per heavy atom. The van der Waals surface area contributed by atoms with Crippen LogP contribution in [0.1, 0.15) is 38.7 Å². The quantitative estimate of drug-likeness (QED) is 0.778. The number of aliphatic hydroxyl groups excluding tert-OH is 1. The molecule has 0 radical (unpaired) electrons.